The predicted molar refractivity (Wildman–Crippen MR) is 104 cm³/mol. The number of ether oxygens (including phenoxy) is 1. The quantitative estimate of drug-likeness (QED) is 0.275. The van der Waals surface area contributed by atoms with E-state index in [1.165, 1.54) is 42.3 Å². The number of amides is 1. The van der Waals surface area contributed by atoms with Crippen LogP contribution in [0.2, 0.25) is 0 Å². The second-order valence-electron chi connectivity index (χ2n) is 5.24. The molecule has 0 unspecified atom stereocenters. The molecule has 1 heterocycles. The fourth-order valence-corrected chi connectivity index (χ4v) is 3.93. The van der Waals surface area contributed by atoms with Gasteiger partial charge in [-0.1, -0.05) is 41.3 Å². The summed E-state index contributed by atoms with van der Waals surface area (Å²) in [5.74, 6) is 0.727. The number of non-ortho nitro benzene ring substituents is 1. The number of nitrogens with zero attached hydrogens (tertiary/aromatic N) is 3. The van der Waals surface area contributed by atoms with Gasteiger partial charge in [0.25, 0.3) is 11.6 Å². The van der Waals surface area contributed by atoms with E-state index in [0.29, 0.717) is 32.1 Å². The van der Waals surface area contributed by atoms with E-state index in [1.807, 2.05) is 6.07 Å². The maximum absolute atomic E-state index is 12.1. The van der Waals surface area contributed by atoms with Crippen molar-refractivity contribution in [3.8, 4) is 5.75 Å². The van der Waals surface area contributed by atoms with Crippen LogP contribution in [0.5, 0.6) is 5.75 Å². The van der Waals surface area contributed by atoms with Gasteiger partial charge in [0, 0.05) is 29.0 Å². The number of methoxy groups -OCH3 is 1. The van der Waals surface area contributed by atoms with Gasteiger partial charge >= 0.3 is 0 Å². The van der Waals surface area contributed by atoms with Crippen molar-refractivity contribution < 1.29 is 14.5 Å². The van der Waals surface area contributed by atoms with Crippen LogP contribution in [0.1, 0.15) is 15.9 Å². The van der Waals surface area contributed by atoms with Crippen molar-refractivity contribution in [2.24, 2.45) is 0 Å². The topological polar surface area (TPSA) is 107 Å². The summed E-state index contributed by atoms with van der Waals surface area (Å²) in [4.78, 5) is 22.6. The number of benzene rings is 2. The zero-order chi connectivity index (χ0) is 19.2. The number of carbonyl (C=O) groups excluding carboxylic acids is 1. The molecule has 0 aliphatic rings. The van der Waals surface area contributed by atoms with Crippen molar-refractivity contribution in [2.45, 2.75) is 10.1 Å². The average molecular weight is 402 g/mol. The van der Waals surface area contributed by atoms with Gasteiger partial charge in [-0.25, -0.2) is 0 Å². The maximum atomic E-state index is 12.1. The van der Waals surface area contributed by atoms with E-state index in [4.69, 9.17) is 4.74 Å². The molecular weight excluding hydrogens is 388 g/mol. The molecule has 0 aliphatic carbocycles. The maximum Gasteiger partial charge on any atom is 0.270 e. The third kappa shape index (κ3) is 4.80. The van der Waals surface area contributed by atoms with E-state index in [2.05, 4.69) is 15.5 Å². The lowest BCUT2D eigenvalue weighted by molar-refractivity contribution is -0.384. The monoisotopic (exact) mass is 402 g/mol. The van der Waals surface area contributed by atoms with E-state index < -0.39 is 4.92 Å². The molecule has 3 aromatic rings. The van der Waals surface area contributed by atoms with Crippen LogP contribution in [0.15, 0.2) is 52.9 Å². The zero-order valence-electron chi connectivity index (χ0n) is 14.1. The number of thioether (sulfide) groups is 1. The largest absolute Gasteiger partial charge is 0.496 e. The molecule has 0 saturated heterocycles. The number of hydrogen-bond acceptors (Lipinski definition) is 8. The Morgan fingerprint density at radius 2 is 2.04 bits per heavy atom. The number of rotatable bonds is 7. The Balaban J connectivity index is 1.65. The lowest BCUT2D eigenvalue weighted by Crippen LogP contribution is -2.11. The number of nitro benzene ring substituents is 1. The Hall–Kier alpha value is -2.98. The second-order valence-corrected chi connectivity index (χ2v) is 7.44. The van der Waals surface area contributed by atoms with Gasteiger partial charge in [0.05, 0.1) is 12.0 Å². The highest BCUT2D eigenvalue weighted by Crippen LogP contribution is 2.33. The summed E-state index contributed by atoms with van der Waals surface area (Å²) in [6, 6.07) is 13.3. The molecule has 2 aromatic carbocycles. The molecule has 0 saturated carbocycles. The van der Waals surface area contributed by atoms with E-state index in [1.54, 1.807) is 30.3 Å². The molecule has 27 heavy (non-hydrogen) atoms. The summed E-state index contributed by atoms with van der Waals surface area (Å²) in [6.45, 7) is 0. The van der Waals surface area contributed by atoms with Crippen LogP contribution in [-0.4, -0.2) is 28.1 Å². The van der Waals surface area contributed by atoms with E-state index in [9.17, 15) is 14.9 Å². The van der Waals surface area contributed by atoms with Crippen LogP contribution >= 0.6 is 23.1 Å². The van der Waals surface area contributed by atoms with Crippen molar-refractivity contribution in [3.05, 3.63) is 69.8 Å². The second kappa shape index (κ2) is 8.60. The molecular formula is C17H14N4O4S2. The molecule has 10 heteroatoms. The smallest absolute Gasteiger partial charge is 0.270 e. The first-order valence-electron chi connectivity index (χ1n) is 7.71. The van der Waals surface area contributed by atoms with E-state index in [-0.39, 0.29) is 11.6 Å². The summed E-state index contributed by atoms with van der Waals surface area (Å²) >= 11 is 2.59. The van der Waals surface area contributed by atoms with Gasteiger partial charge in [0.1, 0.15) is 5.75 Å². The normalized spacial score (nSPS) is 10.4. The average Bonchev–Trinajstić information content (AvgIpc) is 3.14. The van der Waals surface area contributed by atoms with Crippen molar-refractivity contribution >= 4 is 39.8 Å². The van der Waals surface area contributed by atoms with E-state index in [0.717, 1.165) is 0 Å². The molecule has 1 N–H and O–H groups in total. The Morgan fingerprint density at radius 1 is 1.26 bits per heavy atom. The van der Waals surface area contributed by atoms with Crippen molar-refractivity contribution in [3.63, 3.8) is 0 Å². The molecule has 0 fully saturated rings. The van der Waals surface area contributed by atoms with Crippen molar-refractivity contribution in [1.29, 1.82) is 0 Å². The standard InChI is InChI=1S/C17H14N4O4S2/c1-25-14-8-7-13(21(23)24)9-12(14)10-26-17-20-19-16(27-17)18-15(22)11-5-3-2-4-6-11/h2-9H,10H2,1H3,(H,18,19,22). The summed E-state index contributed by atoms with van der Waals surface area (Å²) in [7, 11) is 1.51. The lowest BCUT2D eigenvalue weighted by atomic mass is 10.2. The van der Waals surface area contributed by atoms with Gasteiger partial charge in [-0.05, 0) is 18.2 Å². The van der Waals surface area contributed by atoms with Gasteiger partial charge in [-0.2, -0.15) is 0 Å². The number of nitrogens with one attached hydrogen (secondary N) is 1. The fourth-order valence-electron chi connectivity index (χ4n) is 2.21. The number of hydrogen-bond donors (Lipinski definition) is 1. The Kier molecular flexibility index (Phi) is 5.99. The van der Waals surface area contributed by atoms with Crippen LogP contribution < -0.4 is 10.1 Å². The molecule has 0 bridgehead atoms. The van der Waals surface area contributed by atoms with Crippen molar-refractivity contribution in [1.82, 2.24) is 10.2 Å². The third-order valence-electron chi connectivity index (χ3n) is 3.49. The zero-order valence-corrected chi connectivity index (χ0v) is 15.8. The molecule has 3 rings (SSSR count). The number of carbonyl (C=O) groups is 1. The lowest BCUT2D eigenvalue weighted by Gasteiger charge is -2.06. The third-order valence-corrected chi connectivity index (χ3v) is 5.51. The molecule has 0 atom stereocenters. The highest BCUT2D eigenvalue weighted by molar-refractivity contribution is 8.00. The van der Waals surface area contributed by atoms with Crippen LogP contribution in [0, 0.1) is 10.1 Å². The predicted octanol–water partition coefficient (Wildman–Crippen LogP) is 4.00. The highest BCUT2D eigenvalue weighted by Gasteiger charge is 2.14. The first-order chi connectivity index (χ1) is 13.1. The summed E-state index contributed by atoms with van der Waals surface area (Å²) in [5.41, 5.74) is 1.21. The Bertz CT molecular complexity index is 963. The molecule has 1 amide bonds. The number of aromatic nitrogens is 2. The first kappa shape index (κ1) is 18.8. The van der Waals surface area contributed by atoms with Crippen LogP contribution in [0.4, 0.5) is 10.8 Å². The Labute approximate surface area is 162 Å². The molecule has 0 spiro atoms. The summed E-state index contributed by atoms with van der Waals surface area (Å²) in [5, 5.41) is 22.0. The molecule has 138 valence electrons. The molecule has 0 aliphatic heterocycles. The summed E-state index contributed by atoms with van der Waals surface area (Å²) < 4.78 is 5.88. The van der Waals surface area contributed by atoms with E-state index >= 15 is 0 Å². The molecule has 1 aromatic heterocycles. The van der Waals surface area contributed by atoms with Crippen LogP contribution in [-0.2, 0) is 5.75 Å². The van der Waals surface area contributed by atoms with Gasteiger partial charge in [-0.15, -0.1) is 10.2 Å². The number of nitro groups is 1. The minimum Gasteiger partial charge on any atom is -0.496 e. The van der Waals surface area contributed by atoms with Gasteiger partial charge in [0.15, 0.2) is 4.34 Å². The minimum atomic E-state index is -0.449. The SMILES string of the molecule is COc1ccc([N+](=O)[O-])cc1CSc1nnc(NC(=O)c2ccccc2)s1. The van der Waals surface area contributed by atoms with Crippen molar-refractivity contribution in [2.75, 3.05) is 12.4 Å². The Morgan fingerprint density at radius 3 is 2.74 bits per heavy atom. The fraction of sp³-hybridized carbons (Fsp3) is 0.118. The van der Waals surface area contributed by atoms with Gasteiger partial charge in [-0.3, -0.25) is 20.2 Å². The minimum absolute atomic E-state index is 0.000484. The number of anilines is 1. The molecule has 8 nitrogen and oxygen atoms in total. The van der Waals surface area contributed by atoms with Crippen LogP contribution in [0.25, 0.3) is 0 Å². The summed E-state index contributed by atoms with van der Waals surface area (Å²) in [6.07, 6.45) is 0. The highest BCUT2D eigenvalue weighted by atomic mass is 32.2. The molecule has 0 radical (unpaired) electrons. The van der Waals surface area contributed by atoms with Gasteiger partial charge < -0.3 is 4.74 Å². The first-order valence-corrected chi connectivity index (χ1v) is 9.51. The van der Waals surface area contributed by atoms with Crippen LogP contribution in [0.3, 0.4) is 0 Å². The van der Waals surface area contributed by atoms with Gasteiger partial charge in [0.2, 0.25) is 5.13 Å².